The summed E-state index contributed by atoms with van der Waals surface area (Å²) in [6.45, 7) is 3.53. The highest BCUT2D eigenvalue weighted by atomic mass is 35.5. The van der Waals surface area contributed by atoms with Crippen LogP contribution in [0.3, 0.4) is 0 Å². The molecule has 0 spiro atoms. The molecule has 0 bridgehead atoms. The first-order chi connectivity index (χ1) is 14.6. The summed E-state index contributed by atoms with van der Waals surface area (Å²) in [5.74, 6) is 0. The molecule has 0 aliphatic rings. The molecular weight excluding hydrogens is 396 g/mol. The summed E-state index contributed by atoms with van der Waals surface area (Å²) < 4.78 is 6.85. The number of halogens is 1. The van der Waals surface area contributed by atoms with E-state index >= 15 is 0 Å². The predicted octanol–water partition coefficient (Wildman–Crippen LogP) is 4.41. The molecule has 1 heterocycles. The topological polar surface area (TPSA) is 38.4 Å². The van der Waals surface area contributed by atoms with Crippen LogP contribution in [0.1, 0.15) is 5.56 Å². The maximum atomic E-state index is 12.4. The lowest BCUT2D eigenvalue weighted by molar-refractivity contribution is 0.476. The molecule has 0 fully saturated rings. The number of oxazole rings is 1. The largest absolute Gasteiger partial charge is 0.426 e. The second kappa shape index (κ2) is 8.34. The molecule has 0 aliphatic carbocycles. The van der Waals surface area contributed by atoms with Crippen molar-refractivity contribution in [1.82, 2.24) is 4.57 Å². The number of para-hydroxylation sites is 2. The van der Waals surface area contributed by atoms with Crippen molar-refractivity contribution in [1.29, 1.82) is 0 Å². The van der Waals surface area contributed by atoms with Crippen LogP contribution in [0.25, 0.3) is 10.8 Å². The number of rotatable bonds is 4. The van der Waals surface area contributed by atoms with Gasteiger partial charge in [-0.3, -0.25) is 9.36 Å². The summed E-state index contributed by atoms with van der Waals surface area (Å²) in [5, 5.41) is 0.245. The molecule has 3 aromatic carbocycles. The highest BCUT2D eigenvalue weighted by molar-refractivity contribution is 6.48. The van der Waals surface area contributed by atoms with E-state index in [2.05, 4.69) is 41.5 Å². The molecule has 0 unspecified atom stereocenters. The Labute approximate surface area is 178 Å². The Kier molecular flexibility index (Phi) is 5.44. The van der Waals surface area contributed by atoms with E-state index in [-0.39, 0.29) is 21.6 Å². The van der Waals surface area contributed by atoms with Crippen LogP contribution in [0.2, 0.25) is 0 Å². The van der Waals surface area contributed by atoms with Crippen molar-refractivity contribution in [2.75, 3.05) is 4.90 Å². The molecule has 4 nitrogen and oxygen atoms in total. The molecule has 1 aromatic heterocycles. The molecule has 30 heavy (non-hydrogen) atoms. The van der Waals surface area contributed by atoms with Gasteiger partial charge in [0.25, 0.3) is 5.56 Å². The molecule has 4 rings (SSSR count). The first-order valence-corrected chi connectivity index (χ1v) is 9.74. The quantitative estimate of drug-likeness (QED) is 0.496. The first-order valence-electron chi connectivity index (χ1n) is 9.36. The molecule has 4 aromatic rings. The van der Waals surface area contributed by atoms with Gasteiger partial charge in [-0.15, -0.1) is 0 Å². The van der Waals surface area contributed by atoms with Crippen molar-refractivity contribution in [2.45, 2.75) is 0 Å². The molecule has 148 valence electrons. The number of anilines is 3. The molecule has 0 N–H and O–H groups in total. The monoisotopic (exact) mass is 414 g/mol. The lowest BCUT2D eigenvalue weighted by Crippen LogP contribution is -2.29. The number of benzene rings is 3. The fourth-order valence-electron chi connectivity index (χ4n) is 3.24. The predicted molar refractivity (Wildman–Crippen MR) is 122 cm³/mol. The van der Waals surface area contributed by atoms with Crippen molar-refractivity contribution in [3.8, 4) is 0 Å². The maximum Gasteiger partial charge on any atom is 0.298 e. The molecule has 0 saturated carbocycles. The SMILES string of the molecule is C=C=c1o/c(=C(\Cl)c2ccc(N(c3ccccc3)c3ccccc3)cc2)c(=O)n1C. The minimum absolute atomic E-state index is 0.0704. The fraction of sp³-hybridized carbons (Fsp3) is 0.0400. The van der Waals surface area contributed by atoms with Crippen LogP contribution >= 0.6 is 11.6 Å². The zero-order chi connectivity index (χ0) is 21.1. The van der Waals surface area contributed by atoms with Crippen LogP contribution in [0, 0.1) is 0 Å². The third-order valence-corrected chi connectivity index (χ3v) is 5.15. The molecular formula is C25H19ClN2O2. The first kappa shape index (κ1) is 19.6. The minimum atomic E-state index is -0.328. The van der Waals surface area contributed by atoms with Crippen molar-refractivity contribution < 1.29 is 4.42 Å². The van der Waals surface area contributed by atoms with Gasteiger partial charge in [0.15, 0.2) is 0 Å². The summed E-state index contributed by atoms with van der Waals surface area (Å²) in [5.41, 5.74) is 6.30. The molecule has 0 saturated heterocycles. The Morgan fingerprint density at radius 2 is 1.40 bits per heavy atom. The van der Waals surface area contributed by atoms with Crippen LogP contribution < -0.4 is 21.4 Å². The van der Waals surface area contributed by atoms with Crippen LogP contribution in [-0.4, -0.2) is 4.57 Å². The van der Waals surface area contributed by atoms with E-state index in [4.69, 9.17) is 16.0 Å². The van der Waals surface area contributed by atoms with Gasteiger partial charge in [-0.05, 0) is 42.0 Å². The van der Waals surface area contributed by atoms with Crippen molar-refractivity contribution in [3.05, 3.63) is 118 Å². The Hall–Kier alpha value is -3.72. The van der Waals surface area contributed by atoms with Gasteiger partial charge in [0, 0.05) is 24.1 Å². The van der Waals surface area contributed by atoms with Crippen LogP contribution in [-0.2, 0) is 7.05 Å². The maximum absolute atomic E-state index is 12.4. The van der Waals surface area contributed by atoms with Gasteiger partial charge >= 0.3 is 0 Å². The molecule has 0 radical (unpaired) electrons. The number of hydrogen-bond acceptors (Lipinski definition) is 3. The van der Waals surface area contributed by atoms with Crippen molar-refractivity contribution in [2.24, 2.45) is 7.05 Å². The van der Waals surface area contributed by atoms with Gasteiger partial charge in [0.05, 0.1) is 5.03 Å². The third-order valence-electron chi connectivity index (χ3n) is 4.76. The third kappa shape index (κ3) is 3.62. The molecule has 5 heteroatoms. The standard InChI is InChI=1S/C25H19ClN2O2/c1-3-22-27(2)25(29)24(30-22)23(26)18-14-16-21(17-15-18)28(19-10-6-4-7-11-19)20-12-8-5-9-13-20/h4-17H,1H2,2H3/b24-23-. The van der Waals surface area contributed by atoms with E-state index in [1.54, 1.807) is 7.05 Å². The zero-order valence-corrected chi connectivity index (χ0v) is 17.1. The molecule has 0 amide bonds. The molecule has 0 atom stereocenters. The van der Waals surface area contributed by atoms with Gasteiger partial charge in [-0.25, -0.2) is 0 Å². The summed E-state index contributed by atoms with van der Waals surface area (Å²) >= 11 is 6.49. The smallest absolute Gasteiger partial charge is 0.298 e. The van der Waals surface area contributed by atoms with Gasteiger partial charge in [0.2, 0.25) is 11.0 Å². The van der Waals surface area contributed by atoms with E-state index < -0.39 is 0 Å². The Morgan fingerprint density at radius 1 is 0.900 bits per heavy atom. The summed E-state index contributed by atoms with van der Waals surface area (Å²) in [7, 11) is 1.59. The van der Waals surface area contributed by atoms with Gasteiger partial charge in [-0.1, -0.05) is 72.4 Å². The Balaban J connectivity index is 1.81. The number of aromatic nitrogens is 1. The second-order valence-corrected chi connectivity index (χ2v) is 7.02. The van der Waals surface area contributed by atoms with E-state index in [1.807, 2.05) is 60.7 Å². The number of hydrogen-bond donors (Lipinski definition) is 0. The fourth-order valence-corrected chi connectivity index (χ4v) is 3.48. The number of nitrogens with zero attached hydrogens (tertiary/aromatic N) is 2. The van der Waals surface area contributed by atoms with Gasteiger partial charge in [-0.2, -0.15) is 0 Å². The van der Waals surface area contributed by atoms with Gasteiger partial charge in [0.1, 0.15) is 0 Å². The van der Waals surface area contributed by atoms with E-state index in [0.29, 0.717) is 5.56 Å². The minimum Gasteiger partial charge on any atom is -0.426 e. The van der Waals surface area contributed by atoms with E-state index in [1.165, 1.54) is 4.57 Å². The Morgan fingerprint density at radius 3 is 1.87 bits per heavy atom. The average molecular weight is 415 g/mol. The second-order valence-electron chi connectivity index (χ2n) is 6.64. The lowest BCUT2D eigenvalue weighted by Gasteiger charge is -2.25. The summed E-state index contributed by atoms with van der Waals surface area (Å²) in [4.78, 5) is 14.5. The summed E-state index contributed by atoms with van der Waals surface area (Å²) in [6, 6.07) is 27.9. The normalized spacial score (nSPS) is 11.7. The van der Waals surface area contributed by atoms with Crippen LogP contribution in [0.4, 0.5) is 17.1 Å². The van der Waals surface area contributed by atoms with Crippen LogP contribution in [0.15, 0.2) is 101 Å². The highest BCUT2D eigenvalue weighted by Crippen LogP contribution is 2.34. The Bertz CT molecular complexity index is 1330. The average Bonchev–Trinajstić information content (AvgIpc) is 3.09. The van der Waals surface area contributed by atoms with Crippen LogP contribution in [0.5, 0.6) is 0 Å². The zero-order valence-electron chi connectivity index (χ0n) is 16.4. The van der Waals surface area contributed by atoms with Crippen molar-refractivity contribution >= 4 is 39.4 Å². The van der Waals surface area contributed by atoms with E-state index in [9.17, 15) is 4.79 Å². The van der Waals surface area contributed by atoms with E-state index in [0.717, 1.165) is 17.1 Å². The molecule has 0 aliphatic heterocycles. The summed E-state index contributed by atoms with van der Waals surface area (Å²) in [6.07, 6.45) is 0. The van der Waals surface area contributed by atoms with Crippen molar-refractivity contribution in [3.63, 3.8) is 0 Å². The highest BCUT2D eigenvalue weighted by Gasteiger charge is 2.13. The van der Waals surface area contributed by atoms with Gasteiger partial charge < -0.3 is 9.32 Å². The lowest BCUT2D eigenvalue weighted by atomic mass is 10.1.